The normalized spacial score (nSPS) is 21.0. The van der Waals surface area contributed by atoms with Crippen LogP contribution in [0.2, 0.25) is 0 Å². The van der Waals surface area contributed by atoms with Crippen LogP contribution in [0.1, 0.15) is 30.3 Å². The molecule has 1 N–H and O–H groups in total. The van der Waals surface area contributed by atoms with Crippen LogP contribution in [-0.4, -0.2) is 77.0 Å². The van der Waals surface area contributed by atoms with Gasteiger partial charge >= 0.3 is 0 Å². The molecule has 3 heterocycles. The number of anilines is 1. The molecule has 2 aliphatic heterocycles. The monoisotopic (exact) mass is 333 g/mol. The standard InChI is InChI=1S/C16H23N5O3/c1-12(22)20-6-8-21(9-7-20)15(23)14-4-5-17-16(19-14)18-11-13-3-2-10-24-13/h4-5,13H,2-3,6-11H2,1H3,(H,17,18,19). The largest absolute Gasteiger partial charge is 0.376 e. The van der Waals surface area contributed by atoms with Crippen LogP contribution in [0.3, 0.4) is 0 Å². The lowest BCUT2D eigenvalue weighted by molar-refractivity contribution is -0.130. The van der Waals surface area contributed by atoms with Gasteiger partial charge in [-0.05, 0) is 18.9 Å². The molecule has 1 aromatic rings. The summed E-state index contributed by atoms with van der Waals surface area (Å²) in [4.78, 5) is 35.9. The number of rotatable bonds is 4. The summed E-state index contributed by atoms with van der Waals surface area (Å²) in [6.45, 7) is 5.19. The maximum atomic E-state index is 12.6. The van der Waals surface area contributed by atoms with E-state index in [1.807, 2.05) is 0 Å². The van der Waals surface area contributed by atoms with Crippen LogP contribution in [0.15, 0.2) is 12.3 Å². The van der Waals surface area contributed by atoms with Gasteiger partial charge in [0.2, 0.25) is 11.9 Å². The van der Waals surface area contributed by atoms with E-state index in [0.717, 1.165) is 19.4 Å². The van der Waals surface area contributed by atoms with Gasteiger partial charge in [-0.3, -0.25) is 9.59 Å². The maximum Gasteiger partial charge on any atom is 0.272 e. The first-order chi connectivity index (χ1) is 11.6. The van der Waals surface area contributed by atoms with Crippen LogP contribution >= 0.6 is 0 Å². The highest BCUT2D eigenvalue weighted by atomic mass is 16.5. The molecule has 3 rings (SSSR count). The second-order valence-corrected chi connectivity index (χ2v) is 6.08. The van der Waals surface area contributed by atoms with Gasteiger partial charge in [0, 0.05) is 52.5 Å². The van der Waals surface area contributed by atoms with E-state index in [4.69, 9.17) is 4.74 Å². The van der Waals surface area contributed by atoms with Gasteiger partial charge in [0.05, 0.1) is 6.10 Å². The van der Waals surface area contributed by atoms with Crippen LogP contribution in [0, 0.1) is 0 Å². The van der Waals surface area contributed by atoms with Crippen molar-refractivity contribution in [1.29, 1.82) is 0 Å². The maximum absolute atomic E-state index is 12.6. The third-order valence-corrected chi connectivity index (χ3v) is 4.40. The summed E-state index contributed by atoms with van der Waals surface area (Å²) >= 11 is 0. The molecule has 2 amide bonds. The van der Waals surface area contributed by atoms with Crippen molar-refractivity contribution in [3.63, 3.8) is 0 Å². The quantitative estimate of drug-likeness (QED) is 0.857. The summed E-state index contributed by atoms with van der Waals surface area (Å²) in [5.74, 6) is 0.365. The number of amides is 2. The number of hydrogen-bond acceptors (Lipinski definition) is 6. The summed E-state index contributed by atoms with van der Waals surface area (Å²) in [5.41, 5.74) is 0.371. The van der Waals surface area contributed by atoms with E-state index in [0.29, 0.717) is 44.4 Å². The van der Waals surface area contributed by atoms with E-state index >= 15 is 0 Å². The minimum absolute atomic E-state index is 0.0461. The third-order valence-electron chi connectivity index (χ3n) is 4.40. The molecule has 0 saturated carbocycles. The molecule has 130 valence electrons. The minimum Gasteiger partial charge on any atom is -0.376 e. The van der Waals surface area contributed by atoms with E-state index in [9.17, 15) is 9.59 Å². The Balaban J connectivity index is 1.56. The fourth-order valence-electron chi connectivity index (χ4n) is 2.96. The Morgan fingerprint density at radius 2 is 2.04 bits per heavy atom. The number of carbonyl (C=O) groups is 2. The van der Waals surface area contributed by atoms with E-state index in [-0.39, 0.29) is 17.9 Å². The zero-order chi connectivity index (χ0) is 16.9. The molecule has 1 unspecified atom stereocenters. The predicted molar refractivity (Wildman–Crippen MR) is 87.7 cm³/mol. The molecule has 0 radical (unpaired) electrons. The number of aromatic nitrogens is 2. The van der Waals surface area contributed by atoms with Gasteiger partial charge in [-0.25, -0.2) is 9.97 Å². The highest BCUT2D eigenvalue weighted by Crippen LogP contribution is 2.13. The summed E-state index contributed by atoms with van der Waals surface area (Å²) in [5, 5.41) is 3.14. The van der Waals surface area contributed by atoms with Crippen molar-refractivity contribution in [3.8, 4) is 0 Å². The van der Waals surface area contributed by atoms with Crippen molar-refractivity contribution in [3.05, 3.63) is 18.0 Å². The number of hydrogen-bond donors (Lipinski definition) is 1. The first kappa shape index (κ1) is 16.6. The second-order valence-electron chi connectivity index (χ2n) is 6.08. The number of nitrogens with zero attached hydrogens (tertiary/aromatic N) is 4. The van der Waals surface area contributed by atoms with Gasteiger partial charge < -0.3 is 19.9 Å². The van der Waals surface area contributed by atoms with Crippen LogP contribution < -0.4 is 5.32 Å². The number of piperazine rings is 1. The first-order valence-corrected chi connectivity index (χ1v) is 8.37. The summed E-state index contributed by atoms with van der Waals surface area (Å²) in [7, 11) is 0. The molecule has 8 nitrogen and oxygen atoms in total. The predicted octanol–water partition coefficient (Wildman–Crippen LogP) is 0.372. The Kier molecular flexibility index (Phi) is 5.24. The molecule has 0 spiro atoms. The average Bonchev–Trinajstić information content (AvgIpc) is 3.13. The molecule has 0 aromatic carbocycles. The highest BCUT2D eigenvalue weighted by molar-refractivity contribution is 5.92. The highest BCUT2D eigenvalue weighted by Gasteiger charge is 2.24. The Morgan fingerprint density at radius 3 is 2.71 bits per heavy atom. The van der Waals surface area contributed by atoms with E-state index in [1.54, 1.807) is 29.0 Å². The van der Waals surface area contributed by atoms with E-state index in [2.05, 4.69) is 15.3 Å². The van der Waals surface area contributed by atoms with Crippen LogP contribution in [-0.2, 0) is 9.53 Å². The van der Waals surface area contributed by atoms with E-state index < -0.39 is 0 Å². The zero-order valence-corrected chi connectivity index (χ0v) is 13.9. The fraction of sp³-hybridized carbons (Fsp3) is 0.625. The lowest BCUT2D eigenvalue weighted by Gasteiger charge is -2.34. The number of ether oxygens (including phenoxy) is 1. The van der Waals surface area contributed by atoms with Crippen molar-refractivity contribution in [2.75, 3.05) is 44.6 Å². The van der Waals surface area contributed by atoms with Crippen LogP contribution in [0.4, 0.5) is 5.95 Å². The van der Waals surface area contributed by atoms with Crippen LogP contribution in [0.25, 0.3) is 0 Å². The first-order valence-electron chi connectivity index (χ1n) is 8.37. The second kappa shape index (κ2) is 7.57. The van der Waals surface area contributed by atoms with Gasteiger partial charge in [-0.2, -0.15) is 0 Å². The topological polar surface area (TPSA) is 87.7 Å². The molecule has 2 aliphatic rings. The van der Waals surface area contributed by atoms with Crippen molar-refractivity contribution in [2.24, 2.45) is 0 Å². The Morgan fingerprint density at radius 1 is 1.29 bits per heavy atom. The lowest BCUT2D eigenvalue weighted by Crippen LogP contribution is -2.50. The van der Waals surface area contributed by atoms with E-state index in [1.165, 1.54) is 0 Å². The molecular weight excluding hydrogens is 310 g/mol. The molecule has 1 aromatic heterocycles. The zero-order valence-electron chi connectivity index (χ0n) is 13.9. The Labute approximate surface area is 141 Å². The lowest BCUT2D eigenvalue weighted by atomic mass is 10.2. The van der Waals surface area contributed by atoms with Gasteiger partial charge in [-0.1, -0.05) is 0 Å². The molecular formula is C16H23N5O3. The SMILES string of the molecule is CC(=O)N1CCN(C(=O)c2ccnc(NCC3CCCO3)n2)CC1. The molecule has 1 atom stereocenters. The van der Waals surface area contributed by atoms with Crippen LogP contribution in [0.5, 0.6) is 0 Å². The summed E-state index contributed by atoms with van der Waals surface area (Å²) in [6, 6.07) is 1.62. The summed E-state index contributed by atoms with van der Waals surface area (Å²) < 4.78 is 5.55. The van der Waals surface area contributed by atoms with Gasteiger partial charge in [0.15, 0.2) is 0 Å². The Hall–Kier alpha value is -2.22. The fourth-order valence-corrected chi connectivity index (χ4v) is 2.96. The molecule has 8 heteroatoms. The average molecular weight is 333 g/mol. The molecule has 2 saturated heterocycles. The summed E-state index contributed by atoms with van der Waals surface area (Å²) in [6.07, 6.45) is 3.89. The molecule has 2 fully saturated rings. The van der Waals surface area contributed by atoms with Crippen molar-refractivity contribution in [2.45, 2.75) is 25.9 Å². The smallest absolute Gasteiger partial charge is 0.272 e. The molecule has 0 aliphatic carbocycles. The third kappa shape index (κ3) is 4.00. The van der Waals surface area contributed by atoms with Crippen molar-refractivity contribution >= 4 is 17.8 Å². The van der Waals surface area contributed by atoms with Crippen molar-refractivity contribution in [1.82, 2.24) is 19.8 Å². The number of carbonyl (C=O) groups excluding carboxylic acids is 2. The van der Waals surface area contributed by atoms with Gasteiger partial charge in [0.1, 0.15) is 5.69 Å². The number of nitrogens with one attached hydrogen (secondary N) is 1. The van der Waals surface area contributed by atoms with Gasteiger partial charge in [-0.15, -0.1) is 0 Å². The Bertz CT molecular complexity index is 595. The van der Waals surface area contributed by atoms with Gasteiger partial charge in [0.25, 0.3) is 5.91 Å². The molecule has 0 bridgehead atoms. The van der Waals surface area contributed by atoms with Crippen molar-refractivity contribution < 1.29 is 14.3 Å². The minimum atomic E-state index is -0.124. The molecule has 24 heavy (non-hydrogen) atoms.